The first-order chi connectivity index (χ1) is 8.65. The molecule has 0 spiro atoms. The van der Waals surface area contributed by atoms with Crippen molar-refractivity contribution < 1.29 is 0 Å². The quantitative estimate of drug-likeness (QED) is 0.799. The third kappa shape index (κ3) is 2.03. The zero-order chi connectivity index (χ0) is 12.7. The summed E-state index contributed by atoms with van der Waals surface area (Å²) in [6.07, 6.45) is 4.77. The summed E-state index contributed by atoms with van der Waals surface area (Å²) in [5.41, 5.74) is 8.90. The topological polar surface area (TPSA) is 57.9 Å². The van der Waals surface area contributed by atoms with E-state index in [1.165, 1.54) is 29.9 Å². The molecule has 3 N–H and O–H groups in total. The van der Waals surface area contributed by atoms with Crippen molar-refractivity contribution in [2.45, 2.75) is 51.5 Å². The largest absolute Gasteiger partial charge is 0.353 e. The minimum Gasteiger partial charge on any atom is -0.353 e. The molecule has 1 aliphatic carbocycles. The van der Waals surface area contributed by atoms with Gasteiger partial charge in [-0.2, -0.15) is 5.10 Å². The van der Waals surface area contributed by atoms with E-state index in [0.717, 1.165) is 31.8 Å². The number of anilines is 1. The predicted molar refractivity (Wildman–Crippen MR) is 73.9 cm³/mol. The van der Waals surface area contributed by atoms with E-state index in [0.29, 0.717) is 12.0 Å². The van der Waals surface area contributed by atoms with E-state index >= 15 is 0 Å². The second-order valence-corrected chi connectivity index (χ2v) is 6.23. The number of piperidine rings is 1. The molecule has 0 aromatic carbocycles. The number of nitrogens with zero attached hydrogens (tertiary/aromatic N) is 2. The van der Waals surface area contributed by atoms with Crippen LogP contribution >= 0.6 is 0 Å². The third-order valence-electron chi connectivity index (χ3n) is 4.44. The Hall–Kier alpha value is -1.03. The van der Waals surface area contributed by atoms with E-state index in [9.17, 15) is 0 Å². The van der Waals surface area contributed by atoms with Crippen molar-refractivity contribution in [2.24, 2.45) is 11.7 Å². The highest BCUT2D eigenvalue weighted by atomic mass is 15.3. The predicted octanol–water partition coefficient (Wildman–Crippen LogP) is 2.02. The van der Waals surface area contributed by atoms with Crippen molar-refractivity contribution in [3.05, 3.63) is 11.3 Å². The number of rotatable bonds is 1. The SMILES string of the molecule is CC1Cc2c(N3CCCC(N)C3)n[nH]c2C(C)C1. The maximum absolute atomic E-state index is 6.08. The Morgan fingerprint density at radius 2 is 2.22 bits per heavy atom. The number of nitrogens with one attached hydrogen (secondary N) is 1. The number of nitrogens with two attached hydrogens (primary N) is 1. The molecule has 4 nitrogen and oxygen atoms in total. The molecule has 3 rings (SSSR count). The van der Waals surface area contributed by atoms with Gasteiger partial charge in [-0.15, -0.1) is 0 Å². The summed E-state index contributed by atoms with van der Waals surface area (Å²) < 4.78 is 0. The highest BCUT2D eigenvalue weighted by Gasteiger charge is 2.29. The average molecular weight is 248 g/mol. The van der Waals surface area contributed by atoms with Gasteiger partial charge in [0.2, 0.25) is 0 Å². The van der Waals surface area contributed by atoms with Crippen molar-refractivity contribution in [1.29, 1.82) is 0 Å². The number of H-pyrrole nitrogens is 1. The van der Waals surface area contributed by atoms with Gasteiger partial charge >= 0.3 is 0 Å². The van der Waals surface area contributed by atoms with Crippen molar-refractivity contribution in [3.63, 3.8) is 0 Å². The number of aromatic nitrogens is 2. The molecular formula is C14H24N4. The first kappa shape index (κ1) is 12.0. The Labute approximate surface area is 109 Å². The van der Waals surface area contributed by atoms with Crippen LogP contribution in [-0.2, 0) is 6.42 Å². The van der Waals surface area contributed by atoms with E-state index in [1.54, 1.807) is 0 Å². The van der Waals surface area contributed by atoms with E-state index in [4.69, 9.17) is 5.73 Å². The fourth-order valence-corrected chi connectivity index (χ4v) is 3.59. The monoisotopic (exact) mass is 248 g/mol. The molecule has 0 bridgehead atoms. The van der Waals surface area contributed by atoms with Gasteiger partial charge in [-0.25, -0.2) is 0 Å². The lowest BCUT2D eigenvalue weighted by molar-refractivity contribution is 0.443. The van der Waals surface area contributed by atoms with Gasteiger partial charge in [0.1, 0.15) is 0 Å². The summed E-state index contributed by atoms with van der Waals surface area (Å²) in [5, 5.41) is 7.86. The van der Waals surface area contributed by atoms with Crippen LogP contribution in [0.15, 0.2) is 0 Å². The Kier molecular flexibility index (Phi) is 3.06. The van der Waals surface area contributed by atoms with E-state index in [-0.39, 0.29) is 0 Å². The fraction of sp³-hybridized carbons (Fsp3) is 0.786. The zero-order valence-electron chi connectivity index (χ0n) is 11.4. The molecule has 2 heterocycles. The standard InChI is InChI=1S/C14H24N4/c1-9-6-10(2)13-12(7-9)14(17-16-13)18-5-3-4-11(15)8-18/h9-11H,3-8,15H2,1-2H3,(H,16,17). The molecule has 0 amide bonds. The number of hydrogen-bond donors (Lipinski definition) is 2. The maximum atomic E-state index is 6.08. The van der Waals surface area contributed by atoms with E-state index in [1.807, 2.05) is 0 Å². The van der Waals surface area contributed by atoms with Gasteiger partial charge < -0.3 is 10.6 Å². The summed E-state index contributed by atoms with van der Waals surface area (Å²) >= 11 is 0. The number of hydrogen-bond acceptors (Lipinski definition) is 3. The Morgan fingerprint density at radius 3 is 3.00 bits per heavy atom. The van der Waals surface area contributed by atoms with Gasteiger partial charge in [-0.1, -0.05) is 13.8 Å². The average Bonchev–Trinajstić information content (AvgIpc) is 2.72. The summed E-state index contributed by atoms with van der Waals surface area (Å²) in [6.45, 7) is 6.71. The molecule has 3 unspecified atom stereocenters. The minimum absolute atomic E-state index is 0.310. The van der Waals surface area contributed by atoms with Gasteiger partial charge in [0.15, 0.2) is 5.82 Å². The summed E-state index contributed by atoms with van der Waals surface area (Å²) in [4.78, 5) is 2.38. The van der Waals surface area contributed by atoms with E-state index < -0.39 is 0 Å². The Morgan fingerprint density at radius 1 is 1.39 bits per heavy atom. The molecule has 1 aromatic rings. The highest BCUT2D eigenvalue weighted by molar-refractivity contribution is 5.51. The first-order valence-corrected chi connectivity index (χ1v) is 7.22. The number of fused-ring (bicyclic) bond motifs is 1. The number of aromatic amines is 1. The van der Waals surface area contributed by atoms with Crippen molar-refractivity contribution in [2.75, 3.05) is 18.0 Å². The van der Waals surface area contributed by atoms with Gasteiger partial charge in [-0.3, -0.25) is 5.10 Å². The first-order valence-electron chi connectivity index (χ1n) is 7.22. The van der Waals surface area contributed by atoms with Crippen LogP contribution in [0.5, 0.6) is 0 Å². The lowest BCUT2D eigenvalue weighted by Crippen LogP contribution is -2.43. The molecule has 1 saturated heterocycles. The van der Waals surface area contributed by atoms with Gasteiger partial charge in [0, 0.05) is 30.4 Å². The molecule has 4 heteroatoms. The van der Waals surface area contributed by atoms with Crippen molar-refractivity contribution >= 4 is 5.82 Å². The Balaban J connectivity index is 1.89. The molecular weight excluding hydrogens is 224 g/mol. The van der Waals surface area contributed by atoms with Crippen LogP contribution in [0.3, 0.4) is 0 Å². The molecule has 0 saturated carbocycles. The van der Waals surface area contributed by atoms with E-state index in [2.05, 4.69) is 28.9 Å². The smallest absolute Gasteiger partial charge is 0.153 e. The van der Waals surface area contributed by atoms with Gasteiger partial charge in [-0.05, 0) is 37.5 Å². The van der Waals surface area contributed by atoms with Gasteiger partial charge in [0.05, 0.1) is 0 Å². The fourth-order valence-electron chi connectivity index (χ4n) is 3.59. The third-order valence-corrected chi connectivity index (χ3v) is 4.44. The molecule has 1 aliphatic heterocycles. The summed E-state index contributed by atoms with van der Waals surface area (Å²) in [5.74, 6) is 2.56. The highest BCUT2D eigenvalue weighted by Crippen LogP contribution is 2.38. The molecule has 3 atom stereocenters. The second kappa shape index (κ2) is 4.57. The van der Waals surface area contributed by atoms with Crippen molar-refractivity contribution in [1.82, 2.24) is 10.2 Å². The van der Waals surface area contributed by atoms with Crippen LogP contribution in [0.1, 0.15) is 50.3 Å². The Bertz CT molecular complexity index is 425. The van der Waals surface area contributed by atoms with Crippen LogP contribution in [0.2, 0.25) is 0 Å². The maximum Gasteiger partial charge on any atom is 0.153 e. The molecule has 2 aliphatic rings. The van der Waals surface area contributed by atoms with Crippen LogP contribution in [0.25, 0.3) is 0 Å². The molecule has 1 aromatic heterocycles. The van der Waals surface area contributed by atoms with Crippen molar-refractivity contribution in [3.8, 4) is 0 Å². The molecule has 0 radical (unpaired) electrons. The summed E-state index contributed by atoms with van der Waals surface area (Å²) in [6, 6.07) is 0.310. The lowest BCUT2D eigenvalue weighted by Gasteiger charge is -2.33. The molecule has 100 valence electrons. The van der Waals surface area contributed by atoms with Crippen LogP contribution in [0, 0.1) is 5.92 Å². The summed E-state index contributed by atoms with van der Waals surface area (Å²) in [7, 11) is 0. The lowest BCUT2D eigenvalue weighted by atomic mass is 9.82. The minimum atomic E-state index is 0.310. The van der Waals surface area contributed by atoms with Crippen LogP contribution < -0.4 is 10.6 Å². The van der Waals surface area contributed by atoms with Crippen LogP contribution in [-0.4, -0.2) is 29.3 Å². The van der Waals surface area contributed by atoms with Gasteiger partial charge in [0.25, 0.3) is 0 Å². The zero-order valence-corrected chi connectivity index (χ0v) is 11.4. The normalized spacial score (nSPS) is 32.4. The molecule has 1 fully saturated rings. The molecule has 18 heavy (non-hydrogen) atoms. The second-order valence-electron chi connectivity index (χ2n) is 6.23. The van der Waals surface area contributed by atoms with Crippen LogP contribution in [0.4, 0.5) is 5.82 Å².